The van der Waals surface area contributed by atoms with Crippen molar-refractivity contribution in [2.45, 2.75) is 19.6 Å². The predicted octanol–water partition coefficient (Wildman–Crippen LogP) is 1.89. The summed E-state index contributed by atoms with van der Waals surface area (Å²) in [6.45, 7) is 4.90. The average Bonchev–Trinajstić information content (AvgIpc) is 3.02. The van der Waals surface area contributed by atoms with E-state index in [-0.39, 0.29) is 30.1 Å². The van der Waals surface area contributed by atoms with Crippen molar-refractivity contribution in [1.82, 2.24) is 25.0 Å². The SMILES string of the molecule is CN=C(NCc1cccc(C)n1)N1CCOC(c2cnn(C)c2)C1.I. The highest BCUT2D eigenvalue weighted by molar-refractivity contribution is 14.0. The molecule has 25 heavy (non-hydrogen) atoms. The van der Waals surface area contributed by atoms with Crippen LogP contribution in [0.2, 0.25) is 0 Å². The summed E-state index contributed by atoms with van der Waals surface area (Å²) in [5.74, 6) is 0.871. The highest BCUT2D eigenvalue weighted by atomic mass is 127. The Bertz CT molecular complexity index is 717. The van der Waals surface area contributed by atoms with Gasteiger partial charge in [-0.25, -0.2) is 0 Å². The fourth-order valence-electron chi connectivity index (χ4n) is 2.85. The molecule has 0 saturated carbocycles. The molecule has 3 rings (SSSR count). The third-order valence-electron chi connectivity index (χ3n) is 4.05. The summed E-state index contributed by atoms with van der Waals surface area (Å²) >= 11 is 0. The van der Waals surface area contributed by atoms with Crippen LogP contribution in [0, 0.1) is 6.92 Å². The second-order valence-electron chi connectivity index (χ2n) is 5.92. The van der Waals surface area contributed by atoms with E-state index in [1.165, 1.54) is 0 Å². The first-order valence-corrected chi connectivity index (χ1v) is 8.14. The average molecular weight is 456 g/mol. The van der Waals surface area contributed by atoms with Crippen LogP contribution in [0.25, 0.3) is 0 Å². The van der Waals surface area contributed by atoms with E-state index in [1.807, 2.05) is 44.6 Å². The van der Waals surface area contributed by atoms with E-state index in [0.29, 0.717) is 13.2 Å². The molecule has 2 aromatic heterocycles. The van der Waals surface area contributed by atoms with Gasteiger partial charge in [-0.2, -0.15) is 5.10 Å². The van der Waals surface area contributed by atoms with E-state index in [0.717, 1.165) is 36.0 Å². The standard InChI is InChI=1S/C17H24N6O.HI/c1-13-5-4-6-15(21-13)10-19-17(18-2)23-7-8-24-16(12-23)14-9-20-22(3)11-14;/h4-6,9,11,16H,7-8,10,12H2,1-3H3,(H,18,19);1H. The number of aliphatic imine (C=N–C) groups is 1. The van der Waals surface area contributed by atoms with Gasteiger partial charge in [-0.15, -0.1) is 24.0 Å². The zero-order chi connectivity index (χ0) is 16.9. The fourth-order valence-corrected chi connectivity index (χ4v) is 2.85. The number of morpholine rings is 1. The highest BCUT2D eigenvalue weighted by Gasteiger charge is 2.25. The van der Waals surface area contributed by atoms with Gasteiger partial charge in [-0.05, 0) is 19.1 Å². The van der Waals surface area contributed by atoms with Crippen molar-refractivity contribution in [3.63, 3.8) is 0 Å². The molecule has 1 saturated heterocycles. The van der Waals surface area contributed by atoms with Crippen LogP contribution < -0.4 is 5.32 Å². The first-order valence-electron chi connectivity index (χ1n) is 8.14. The molecule has 0 amide bonds. The number of aryl methyl sites for hydroxylation is 2. The minimum absolute atomic E-state index is 0. The molecule has 1 aliphatic rings. The third kappa shape index (κ3) is 5.15. The molecule has 136 valence electrons. The minimum atomic E-state index is 0. The van der Waals surface area contributed by atoms with Crippen molar-refractivity contribution in [3.8, 4) is 0 Å². The van der Waals surface area contributed by atoms with Gasteiger partial charge in [-0.3, -0.25) is 14.7 Å². The number of ether oxygens (including phenoxy) is 1. The van der Waals surface area contributed by atoms with E-state index in [1.54, 1.807) is 11.7 Å². The number of hydrogen-bond acceptors (Lipinski definition) is 4. The van der Waals surface area contributed by atoms with E-state index in [9.17, 15) is 0 Å². The van der Waals surface area contributed by atoms with Crippen molar-refractivity contribution in [2.75, 3.05) is 26.7 Å². The van der Waals surface area contributed by atoms with Gasteiger partial charge in [0.2, 0.25) is 0 Å². The van der Waals surface area contributed by atoms with Gasteiger partial charge in [0.05, 0.1) is 31.6 Å². The molecule has 1 atom stereocenters. The molecule has 2 aromatic rings. The van der Waals surface area contributed by atoms with Crippen LogP contribution >= 0.6 is 24.0 Å². The number of nitrogens with one attached hydrogen (secondary N) is 1. The van der Waals surface area contributed by atoms with Crippen LogP contribution in [0.5, 0.6) is 0 Å². The van der Waals surface area contributed by atoms with Crippen LogP contribution in [0.3, 0.4) is 0 Å². The monoisotopic (exact) mass is 456 g/mol. The summed E-state index contributed by atoms with van der Waals surface area (Å²) < 4.78 is 7.69. The molecule has 1 aliphatic heterocycles. The molecule has 1 unspecified atom stereocenters. The summed E-state index contributed by atoms with van der Waals surface area (Å²) in [5, 5.41) is 7.63. The maximum absolute atomic E-state index is 5.89. The van der Waals surface area contributed by atoms with Gasteiger partial charge in [0.15, 0.2) is 5.96 Å². The molecule has 0 spiro atoms. The largest absolute Gasteiger partial charge is 0.370 e. The van der Waals surface area contributed by atoms with Crippen LogP contribution in [-0.2, 0) is 18.3 Å². The van der Waals surface area contributed by atoms with Crippen LogP contribution in [0.1, 0.15) is 23.1 Å². The molecule has 1 N–H and O–H groups in total. The van der Waals surface area contributed by atoms with Crippen LogP contribution in [-0.4, -0.2) is 52.4 Å². The molecular formula is C17H25IN6O. The first-order chi connectivity index (χ1) is 11.7. The number of aromatic nitrogens is 3. The smallest absolute Gasteiger partial charge is 0.194 e. The molecule has 1 fully saturated rings. The van der Waals surface area contributed by atoms with Gasteiger partial charge < -0.3 is 15.0 Å². The number of rotatable bonds is 3. The second-order valence-corrected chi connectivity index (χ2v) is 5.92. The number of guanidine groups is 1. The maximum atomic E-state index is 5.89. The Hall–Kier alpha value is -1.68. The van der Waals surface area contributed by atoms with E-state index in [2.05, 4.69) is 25.3 Å². The lowest BCUT2D eigenvalue weighted by Crippen LogP contribution is -2.48. The molecule has 8 heteroatoms. The Morgan fingerprint density at radius 3 is 2.96 bits per heavy atom. The summed E-state index contributed by atoms with van der Waals surface area (Å²) in [5.41, 5.74) is 3.12. The van der Waals surface area contributed by atoms with Crippen LogP contribution in [0.15, 0.2) is 35.6 Å². The predicted molar refractivity (Wildman–Crippen MR) is 108 cm³/mol. The molecule has 7 nitrogen and oxygen atoms in total. The summed E-state index contributed by atoms with van der Waals surface area (Å²) in [6.07, 6.45) is 3.88. The lowest BCUT2D eigenvalue weighted by atomic mass is 10.1. The quantitative estimate of drug-likeness (QED) is 0.434. The zero-order valence-electron chi connectivity index (χ0n) is 14.8. The third-order valence-corrected chi connectivity index (χ3v) is 4.05. The Labute approximate surface area is 165 Å². The van der Waals surface area contributed by atoms with Gasteiger partial charge in [-0.1, -0.05) is 6.07 Å². The Balaban J connectivity index is 0.00000225. The summed E-state index contributed by atoms with van der Waals surface area (Å²) in [4.78, 5) is 11.1. The van der Waals surface area contributed by atoms with E-state index < -0.39 is 0 Å². The lowest BCUT2D eigenvalue weighted by molar-refractivity contribution is -0.00805. The molecule has 0 aromatic carbocycles. The van der Waals surface area contributed by atoms with Crippen molar-refractivity contribution < 1.29 is 4.74 Å². The number of halogens is 1. The van der Waals surface area contributed by atoms with Crippen molar-refractivity contribution in [1.29, 1.82) is 0 Å². The fraction of sp³-hybridized carbons (Fsp3) is 0.471. The summed E-state index contributed by atoms with van der Waals surface area (Å²) in [7, 11) is 3.72. The minimum Gasteiger partial charge on any atom is -0.370 e. The zero-order valence-corrected chi connectivity index (χ0v) is 17.2. The van der Waals surface area contributed by atoms with E-state index >= 15 is 0 Å². The molecule has 0 aliphatic carbocycles. The summed E-state index contributed by atoms with van der Waals surface area (Å²) in [6, 6.07) is 6.04. The van der Waals surface area contributed by atoms with Gasteiger partial charge in [0.1, 0.15) is 6.10 Å². The van der Waals surface area contributed by atoms with E-state index in [4.69, 9.17) is 4.74 Å². The molecular weight excluding hydrogens is 431 g/mol. The van der Waals surface area contributed by atoms with Gasteiger partial charge in [0, 0.05) is 38.1 Å². The Morgan fingerprint density at radius 1 is 1.44 bits per heavy atom. The lowest BCUT2D eigenvalue weighted by Gasteiger charge is -2.34. The highest BCUT2D eigenvalue weighted by Crippen LogP contribution is 2.21. The molecule has 0 radical (unpaired) electrons. The molecule has 0 bridgehead atoms. The number of nitrogens with zero attached hydrogens (tertiary/aromatic N) is 5. The first kappa shape index (κ1) is 19.6. The number of pyridine rings is 1. The Kier molecular flexibility index (Phi) is 7.18. The van der Waals surface area contributed by atoms with Gasteiger partial charge in [0.25, 0.3) is 0 Å². The normalized spacial score (nSPS) is 18.0. The van der Waals surface area contributed by atoms with Crippen molar-refractivity contribution in [3.05, 3.63) is 47.5 Å². The topological polar surface area (TPSA) is 67.6 Å². The van der Waals surface area contributed by atoms with Crippen molar-refractivity contribution in [2.24, 2.45) is 12.0 Å². The second kappa shape index (κ2) is 9.14. The molecule has 3 heterocycles. The van der Waals surface area contributed by atoms with Crippen molar-refractivity contribution >= 4 is 29.9 Å². The van der Waals surface area contributed by atoms with Gasteiger partial charge >= 0.3 is 0 Å². The number of hydrogen-bond donors (Lipinski definition) is 1. The maximum Gasteiger partial charge on any atom is 0.194 e. The Morgan fingerprint density at radius 2 is 2.28 bits per heavy atom. The van der Waals surface area contributed by atoms with Crippen LogP contribution in [0.4, 0.5) is 0 Å².